The first-order valence-corrected chi connectivity index (χ1v) is 5.61. The standard InChI is InChI=1S/C11H13NOS/c1-8-3-2-4-10(7-8)14-11(13)12-9-5-6-9/h2-4,7,9H,5-6H2,1H3,(H,12,13). The molecule has 1 saturated carbocycles. The van der Waals surface area contributed by atoms with Crippen LogP contribution in [0, 0.1) is 6.92 Å². The minimum Gasteiger partial charge on any atom is -0.344 e. The molecule has 74 valence electrons. The molecule has 0 spiro atoms. The van der Waals surface area contributed by atoms with Crippen LogP contribution in [0.15, 0.2) is 29.2 Å². The third kappa shape index (κ3) is 2.77. The smallest absolute Gasteiger partial charge is 0.284 e. The predicted molar refractivity (Wildman–Crippen MR) is 58.6 cm³/mol. The van der Waals surface area contributed by atoms with Gasteiger partial charge in [-0.3, -0.25) is 4.79 Å². The van der Waals surface area contributed by atoms with Crippen molar-refractivity contribution in [2.75, 3.05) is 0 Å². The minimum atomic E-state index is 0.0677. The molecule has 1 aromatic carbocycles. The van der Waals surface area contributed by atoms with E-state index in [9.17, 15) is 4.79 Å². The van der Waals surface area contributed by atoms with Crippen LogP contribution < -0.4 is 5.32 Å². The molecule has 1 aliphatic rings. The second-order valence-corrected chi connectivity index (χ2v) is 4.67. The van der Waals surface area contributed by atoms with Crippen LogP contribution >= 0.6 is 11.8 Å². The van der Waals surface area contributed by atoms with Crippen LogP contribution in [-0.4, -0.2) is 11.3 Å². The summed E-state index contributed by atoms with van der Waals surface area (Å²) in [7, 11) is 0. The lowest BCUT2D eigenvalue weighted by Crippen LogP contribution is -2.20. The lowest BCUT2D eigenvalue weighted by molar-refractivity contribution is 0.260. The number of benzene rings is 1. The van der Waals surface area contributed by atoms with Gasteiger partial charge in [-0.2, -0.15) is 0 Å². The maximum atomic E-state index is 11.4. The third-order valence-electron chi connectivity index (χ3n) is 2.10. The highest BCUT2D eigenvalue weighted by Gasteiger charge is 2.23. The summed E-state index contributed by atoms with van der Waals surface area (Å²) in [5.74, 6) is 0. The Hall–Kier alpha value is -0.960. The van der Waals surface area contributed by atoms with Crippen LogP contribution in [0.2, 0.25) is 0 Å². The fraction of sp³-hybridized carbons (Fsp3) is 0.364. The highest BCUT2D eigenvalue weighted by Crippen LogP contribution is 2.24. The van der Waals surface area contributed by atoms with Crippen molar-refractivity contribution in [2.45, 2.75) is 30.7 Å². The second kappa shape index (κ2) is 4.05. The average Bonchev–Trinajstić information content (AvgIpc) is 2.87. The van der Waals surface area contributed by atoms with Crippen LogP contribution in [0.4, 0.5) is 4.79 Å². The molecule has 0 saturated heterocycles. The lowest BCUT2D eigenvalue weighted by Gasteiger charge is -2.02. The predicted octanol–water partition coefficient (Wildman–Crippen LogP) is 2.96. The van der Waals surface area contributed by atoms with E-state index in [1.807, 2.05) is 31.2 Å². The summed E-state index contributed by atoms with van der Waals surface area (Å²) in [6, 6.07) is 8.44. The van der Waals surface area contributed by atoms with E-state index in [4.69, 9.17) is 0 Å². The fourth-order valence-corrected chi connectivity index (χ4v) is 2.04. The number of carbonyl (C=O) groups excluding carboxylic acids is 1. The van der Waals surface area contributed by atoms with Gasteiger partial charge in [-0.15, -0.1) is 0 Å². The van der Waals surface area contributed by atoms with Gasteiger partial charge in [-0.05, 0) is 43.7 Å². The first kappa shape index (κ1) is 9.59. The van der Waals surface area contributed by atoms with Crippen LogP contribution in [0.1, 0.15) is 18.4 Å². The summed E-state index contributed by atoms with van der Waals surface area (Å²) < 4.78 is 0. The van der Waals surface area contributed by atoms with Crippen molar-refractivity contribution in [3.63, 3.8) is 0 Å². The Labute approximate surface area is 88.1 Å². The van der Waals surface area contributed by atoms with Gasteiger partial charge in [0.15, 0.2) is 0 Å². The number of carbonyl (C=O) groups is 1. The molecule has 1 aliphatic carbocycles. The molecular formula is C11H13NOS. The normalized spacial score (nSPS) is 15.2. The van der Waals surface area contributed by atoms with Gasteiger partial charge in [0, 0.05) is 10.9 Å². The largest absolute Gasteiger partial charge is 0.344 e. The monoisotopic (exact) mass is 207 g/mol. The zero-order chi connectivity index (χ0) is 9.97. The van der Waals surface area contributed by atoms with Crippen LogP contribution in [0.3, 0.4) is 0 Å². The lowest BCUT2D eigenvalue weighted by atomic mass is 10.2. The van der Waals surface area contributed by atoms with Crippen molar-refractivity contribution >= 4 is 17.0 Å². The van der Waals surface area contributed by atoms with E-state index in [-0.39, 0.29) is 5.24 Å². The van der Waals surface area contributed by atoms with Crippen molar-refractivity contribution in [1.82, 2.24) is 5.32 Å². The number of thioether (sulfide) groups is 1. The van der Waals surface area contributed by atoms with E-state index in [1.165, 1.54) is 17.3 Å². The molecule has 0 radical (unpaired) electrons. The van der Waals surface area contributed by atoms with Crippen molar-refractivity contribution in [3.8, 4) is 0 Å². The van der Waals surface area contributed by atoms with Gasteiger partial charge >= 0.3 is 0 Å². The summed E-state index contributed by atoms with van der Waals surface area (Å²) in [5, 5.41) is 3.01. The Bertz CT molecular complexity index is 347. The highest BCUT2D eigenvalue weighted by atomic mass is 32.2. The number of rotatable bonds is 2. The van der Waals surface area contributed by atoms with Gasteiger partial charge in [-0.25, -0.2) is 0 Å². The van der Waals surface area contributed by atoms with Crippen molar-refractivity contribution in [3.05, 3.63) is 29.8 Å². The summed E-state index contributed by atoms with van der Waals surface area (Å²) in [6.45, 7) is 2.03. The maximum absolute atomic E-state index is 11.4. The molecule has 1 N–H and O–H groups in total. The SMILES string of the molecule is Cc1cccc(SC(=O)NC2CC2)c1. The zero-order valence-electron chi connectivity index (χ0n) is 8.12. The molecule has 0 aliphatic heterocycles. The van der Waals surface area contributed by atoms with E-state index in [2.05, 4.69) is 5.32 Å². The van der Waals surface area contributed by atoms with Crippen LogP contribution in [0.25, 0.3) is 0 Å². The summed E-state index contributed by atoms with van der Waals surface area (Å²) in [4.78, 5) is 12.4. The van der Waals surface area contributed by atoms with Crippen LogP contribution in [-0.2, 0) is 0 Å². The molecular weight excluding hydrogens is 194 g/mol. The number of hydrogen-bond acceptors (Lipinski definition) is 2. The van der Waals surface area contributed by atoms with Gasteiger partial charge in [0.1, 0.15) is 0 Å². The Kier molecular flexibility index (Phi) is 2.77. The number of nitrogens with one attached hydrogen (secondary N) is 1. The summed E-state index contributed by atoms with van der Waals surface area (Å²) >= 11 is 1.28. The van der Waals surface area contributed by atoms with Gasteiger partial charge < -0.3 is 5.32 Å². The summed E-state index contributed by atoms with van der Waals surface area (Å²) in [6.07, 6.45) is 2.28. The molecule has 1 aromatic rings. The van der Waals surface area contributed by atoms with Gasteiger partial charge in [0.05, 0.1) is 0 Å². The van der Waals surface area contributed by atoms with Crippen LogP contribution in [0.5, 0.6) is 0 Å². The van der Waals surface area contributed by atoms with E-state index in [1.54, 1.807) is 0 Å². The van der Waals surface area contributed by atoms with Crippen molar-refractivity contribution in [1.29, 1.82) is 0 Å². The third-order valence-corrected chi connectivity index (χ3v) is 2.89. The fourth-order valence-electron chi connectivity index (χ4n) is 1.21. The number of hydrogen-bond donors (Lipinski definition) is 1. The first-order chi connectivity index (χ1) is 6.74. The maximum Gasteiger partial charge on any atom is 0.284 e. The molecule has 14 heavy (non-hydrogen) atoms. The van der Waals surface area contributed by atoms with E-state index in [0.29, 0.717) is 6.04 Å². The molecule has 0 atom stereocenters. The quantitative estimate of drug-likeness (QED) is 0.755. The Morgan fingerprint density at radius 1 is 1.50 bits per heavy atom. The molecule has 3 heteroatoms. The first-order valence-electron chi connectivity index (χ1n) is 4.79. The van der Waals surface area contributed by atoms with Gasteiger partial charge in [0.2, 0.25) is 0 Å². The Balaban J connectivity index is 1.92. The molecule has 2 nitrogen and oxygen atoms in total. The molecule has 0 heterocycles. The summed E-state index contributed by atoms with van der Waals surface area (Å²) in [5.41, 5.74) is 1.19. The van der Waals surface area contributed by atoms with E-state index in [0.717, 1.165) is 17.7 Å². The molecule has 1 fully saturated rings. The van der Waals surface area contributed by atoms with Gasteiger partial charge in [0.25, 0.3) is 5.24 Å². The molecule has 2 rings (SSSR count). The zero-order valence-corrected chi connectivity index (χ0v) is 8.93. The molecule has 0 bridgehead atoms. The van der Waals surface area contributed by atoms with Crippen molar-refractivity contribution < 1.29 is 4.79 Å². The van der Waals surface area contributed by atoms with E-state index < -0.39 is 0 Å². The topological polar surface area (TPSA) is 29.1 Å². The van der Waals surface area contributed by atoms with E-state index >= 15 is 0 Å². The molecule has 1 amide bonds. The molecule has 0 aromatic heterocycles. The number of amides is 1. The van der Waals surface area contributed by atoms with Gasteiger partial charge in [-0.1, -0.05) is 17.7 Å². The Morgan fingerprint density at radius 3 is 2.93 bits per heavy atom. The second-order valence-electron chi connectivity index (χ2n) is 3.62. The average molecular weight is 207 g/mol. The molecule has 0 unspecified atom stereocenters. The minimum absolute atomic E-state index is 0.0677. The Morgan fingerprint density at radius 2 is 2.29 bits per heavy atom. The highest BCUT2D eigenvalue weighted by molar-refractivity contribution is 8.13. The van der Waals surface area contributed by atoms with Crippen molar-refractivity contribution in [2.24, 2.45) is 0 Å². The number of aryl methyl sites for hydroxylation is 1.